The van der Waals surface area contributed by atoms with Gasteiger partial charge in [0.25, 0.3) is 0 Å². The van der Waals surface area contributed by atoms with Gasteiger partial charge in [-0.3, -0.25) is 0 Å². The highest BCUT2D eigenvalue weighted by atomic mass is 127. The molecule has 18 heavy (non-hydrogen) atoms. The summed E-state index contributed by atoms with van der Waals surface area (Å²) in [6.45, 7) is 0. The Morgan fingerprint density at radius 1 is 1.00 bits per heavy atom. The molecule has 100 valence electrons. The molecule has 9 heteroatoms. The number of carboxylic acids is 1. The number of carboxylic acid groups (broad SMARTS) is 1. The fourth-order valence-corrected chi connectivity index (χ4v) is 1.97. The minimum atomic E-state index is -5.17. The van der Waals surface area contributed by atoms with E-state index in [0.29, 0.717) is 6.07 Å². The zero-order valence-electron chi connectivity index (χ0n) is 8.16. The van der Waals surface area contributed by atoms with Crippen LogP contribution in [0.5, 0.6) is 0 Å². The molecule has 0 aromatic heterocycles. The molecule has 0 bridgehead atoms. The Bertz CT molecular complexity index is 491. The molecule has 0 atom stereocenters. The number of aromatic carboxylic acids is 1. The van der Waals surface area contributed by atoms with E-state index in [1.165, 1.54) is 0 Å². The van der Waals surface area contributed by atoms with E-state index < -0.39 is 38.6 Å². The quantitative estimate of drug-likeness (QED) is 0.587. The Labute approximate surface area is 110 Å². The molecule has 1 aromatic carbocycles. The Morgan fingerprint density at radius 2 is 1.44 bits per heavy atom. The van der Waals surface area contributed by atoms with Crippen LogP contribution in [0.25, 0.3) is 0 Å². The van der Waals surface area contributed by atoms with E-state index >= 15 is 0 Å². The van der Waals surface area contributed by atoms with Crippen LogP contribution < -0.4 is 0 Å². The van der Waals surface area contributed by atoms with Crippen LogP contribution in [0.2, 0.25) is 0 Å². The second-order valence-electron chi connectivity index (χ2n) is 3.18. The normalized spacial score (nSPS) is 12.6. The first-order chi connectivity index (χ1) is 7.94. The molecular formula is C9H3F6IO2. The predicted octanol–water partition coefficient (Wildman–Crippen LogP) is 4.03. The first-order valence-electron chi connectivity index (χ1n) is 4.16. The molecule has 2 nitrogen and oxygen atoms in total. The van der Waals surface area contributed by atoms with Gasteiger partial charge in [-0.2, -0.15) is 26.3 Å². The van der Waals surface area contributed by atoms with Crippen molar-refractivity contribution < 1.29 is 36.2 Å². The van der Waals surface area contributed by atoms with Gasteiger partial charge in [-0.05, 0) is 34.7 Å². The SMILES string of the molecule is O=C(O)c1cc(I)c(C(F)(F)F)cc1C(F)(F)F. The van der Waals surface area contributed by atoms with Gasteiger partial charge in [-0.25, -0.2) is 4.79 Å². The fraction of sp³-hybridized carbons (Fsp3) is 0.222. The summed E-state index contributed by atoms with van der Waals surface area (Å²) >= 11 is 1.14. The fourth-order valence-electron chi connectivity index (χ4n) is 1.20. The minimum Gasteiger partial charge on any atom is -0.478 e. The van der Waals surface area contributed by atoms with Crippen LogP contribution in [-0.4, -0.2) is 11.1 Å². The summed E-state index contributed by atoms with van der Waals surface area (Å²) in [6.07, 6.45) is -10.1. The molecule has 0 aliphatic rings. The van der Waals surface area contributed by atoms with Crippen molar-refractivity contribution in [3.05, 3.63) is 32.4 Å². The van der Waals surface area contributed by atoms with Gasteiger partial charge in [-0.15, -0.1) is 0 Å². The summed E-state index contributed by atoms with van der Waals surface area (Å²) in [6, 6.07) is 0.166. The van der Waals surface area contributed by atoms with Crippen LogP contribution in [0.4, 0.5) is 26.3 Å². The lowest BCUT2D eigenvalue weighted by atomic mass is 10.0. The number of hydrogen-bond acceptors (Lipinski definition) is 1. The maximum absolute atomic E-state index is 12.5. The van der Waals surface area contributed by atoms with E-state index in [1.807, 2.05) is 0 Å². The van der Waals surface area contributed by atoms with Crippen LogP contribution in [0.1, 0.15) is 21.5 Å². The number of rotatable bonds is 1. The third-order valence-corrected chi connectivity index (χ3v) is 2.84. The molecule has 0 amide bonds. The van der Waals surface area contributed by atoms with Crippen molar-refractivity contribution in [1.82, 2.24) is 0 Å². The molecule has 0 aliphatic heterocycles. The van der Waals surface area contributed by atoms with Crippen molar-refractivity contribution in [2.24, 2.45) is 0 Å². The Hall–Kier alpha value is -1.00. The third-order valence-electron chi connectivity index (χ3n) is 1.95. The summed E-state index contributed by atoms with van der Waals surface area (Å²) in [5.41, 5.74) is -4.54. The monoisotopic (exact) mass is 384 g/mol. The van der Waals surface area contributed by atoms with Gasteiger partial charge in [0.05, 0.1) is 16.7 Å². The standard InChI is InChI=1S/C9H3F6IO2/c10-8(11,12)4-2-5(9(13,14)15)6(16)1-3(4)7(17)18/h1-2H,(H,17,18). The number of benzene rings is 1. The van der Waals surface area contributed by atoms with Crippen LogP contribution in [0, 0.1) is 3.57 Å². The van der Waals surface area contributed by atoms with Gasteiger partial charge >= 0.3 is 18.3 Å². The maximum atomic E-state index is 12.5. The average Bonchev–Trinajstić information content (AvgIpc) is 2.12. The second kappa shape index (κ2) is 4.59. The molecule has 0 saturated carbocycles. The van der Waals surface area contributed by atoms with E-state index in [0.717, 1.165) is 22.6 Å². The topological polar surface area (TPSA) is 37.3 Å². The second-order valence-corrected chi connectivity index (χ2v) is 4.34. The minimum absolute atomic E-state index is 0.189. The van der Waals surface area contributed by atoms with E-state index in [4.69, 9.17) is 5.11 Å². The third kappa shape index (κ3) is 3.06. The van der Waals surface area contributed by atoms with Gasteiger partial charge in [0.1, 0.15) is 0 Å². The van der Waals surface area contributed by atoms with Crippen molar-refractivity contribution in [2.45, 2.75) is 12.4 Å². The number of alkyl halides is 6. The van der Waals surface area contributed by atoms with Crippen LogP contribution in [0.3, 0.4) is 0 Å². The average molecular weight is 384 g/mol. The van der Waals surface area contributed by atoms with Crippen LogP contribution >= 0.6 is 22.6 Å². The molecule has 0 heterocycles. The summed E-state index contributed by atoms with van der Waals surface area (Å²) in [4.78, 5) is 10.6. The van der Waals surface area contributed by atoms with Gasteiger partial charge in [0.2, 0.25) is 0 Å². The number of halogens is 7. The Kier molecular flexibility index (Phi) is 3.84. The van der Waals surface area contributed by atoms with E-state index in [-0.39, 0.29) is 6.07 Å². The zero-order valence-corrected chi connectivity index (χ0v) is 10.3. The van der Waals surface area contributed by atoms with Gasteiger partial charge in [0.15, 0.2) is 0 Å². The highest BCUT2D eigenvalue weighted by Gasteiger charge is 2.41. The lowest BCUT2D eigenvalue weighted by Gasteiger charge is -2.15. The van der Waals surface area contributed by atoms with Crippen molar-refractivity contribution in [2.75, 3.05) is 0 Å². The van der Waals surface area contributed by atoms with Gasteiger partial charge in [-0.1, -0.05) is 0 Å². The molecule has 0 saturated heterocycles. The number of hydrogen-bond donors (Lipinski definition) is 1. The molecular weight excluding hydrogens is 381 g/mol. The van der Waals surface area contributed by atoms with Crippen molar-refractivity contribution >= 4 is 28.6 Å². The summed E-state index contributed by atoms with van der Waals surface area (Å²) < 4.78 is 74.1. The van der Waals surface area contributed by atoms with E-state index in [2.05, 4.69) is 0 Å². The Balaban J connectivity index is 3.62. The van der Waals surface area contributed by atoms with Crippen LogP contribution in [-0.2, 0) is 12.4 Å². The molecule has 0 aliphatic carbocycles. The van der Waals surface area contributed by atoms with Crippen molar-refractivity contribution in [3.8, 4) is 0 Å². The van der Waals surface area contributed by atoms with Crippen molar-refractivity contribution in [1.29, 1.82) is 0 Å². The summed E-state index contributed by atoms with van der Waals surface area (Å²) in [5.74, 6) is -1.94. The first-order valence-corrected chi connectivity index (χ1v) is 5.23. The molecule has 1 aromatic rings. The van der Waals surface area contributed by atoms with Gasteiger partial charge < -0.3 is 5.11 Å². The maximum Gasteiger partial charge on any atom is 0.417 e. The van der Waals surface area contributed by atoms with Crippen LogP contribution in [0.15, 0.2) is 12.1 Å². The zero-order chi connectivity index (χ0) is 14.3. The molecule has 1 N–H and O–H groups in total. The largest absolute Gasteiger partial charge is 0.478 e. The summed E-state index contributed by atoms with van der Waals surface area (Å²) in [5, 5.41) is 8.56. The molecule has 0 spiro atoms. The first kappa shape index (κ1) is 15.1. The molecule has 0 radical (unpaired) electrons. The highest BCUT2D eigenvalue weighted by Crippen LogP contribution is 2.39. The molecule has 0 fully saturated rings. The van der Waals surface area contributed by atoms with E-state index in [1.54, 1.807) is 0 Å². The predicted molar refractivity (Wildman–Crippen MR) is 56.1 cm³/mol. The van der Waals surface area contributed by atoms with E-state index in [9.17, 15) is 31.1 Å². The highest BCUT2D eigenvalue weighted by molar-refractivity contribution is 14.1. The number of carbonyl (C=O) groups is 1. The summed E-state index contributed by atoms with van der Waals surface area (Å²) in [7, 11) is 0. The van der Waals surface area contributed by atoms with Crippen molar-refractivity contribution in [3.63, 3.8) is 0 Å². The van der Waals surface area contributed by atoms with Gasteiger partial charge in [0, 0.05) is 3.57 Å². The lowest BCUT2D eigenvalue weighted by molar-refractivity contribution is -0.143. The molecule has 1 rings (SSSR count). The molecule has 0 unspecified atom stereocenters. The Morgan fingerprint density at radius 3 is 1.78 bits per heavy atom. The smallest absolute Gasteiger partial charge is 0.417 e. The lowest BCUT2D eigenvalue weighted by Crippen LogP contribution is -2.17.